The van der Waals surface area contributed by atoms with E-state index in [2.05, 4.69) is 33.7 Å². The molecule has 0 spiro atoms. The van der Waals surface area contributed by atoms with Crippen LogP contribution in [0.2, 0.25) is 0 Å². The zero-order valence-corrected chi connectivity index (χ0v) is 17.5. The fourth-order valence-corrected chi connectivity index (χ4v) is 5.17. The molecule has 0 saturated carbocycles. The number of amides is 2. The normalized spacial score (nSPS) is 18.9. The van der Waals surface area contributed by atoms with Gasteiger partial charge in [0.25, 0.3) is 0 Å². The zero-order chi connectivity index (χ0) is 20.2. The second-order valence-corrected chi connectivity index (χ2v) is 9.07. The van der Waals surface area contributed by atoms with Gasteiger partial charge < -0.3 is 15.5 Å². The standard InChI is InChI=1S/C23H27N3O2S/c1-16(24-23(28)21-14-17-7-2-3-10-20(17)29-21)13-22(27)25-18-8-6-9-19(15-18)26-11-4-5-12-26/h2-3,6-10,15-16,21H,4-5,11-14H2,1H3,(H,24,28)(H,25,27). The minimum Gasteiger partial charge on any atom is -0.371 e. The number of carbonyl (C=O) groups is 2. The number of benzene rings is 2. The first-order valence-corrected chi connectivity index (χ1v) is 11.2. The fraction of sp³-hybridized carbons (Fsp3) is 0.391. The Morgan fingerprint density at radius 3 is 2.72 bits per heavy atom. The van der Waals surface area contributed by atoms with Crippen molar-refractivity contribution >= 4 is 35.0 Å². The Bertz CT molecular complexity index is 870. The van der Waals surface area contributed by atoms with Crippen LogP contribution in [0.3, 0.4) is 0 Å². The van der Waals surface area contributed by atoms with Gasteiger partial charge in [-0.15, -0.1) is 11.8 Å². The van der Waals surface area contributed by atoms with Crippen LogP contribution >= 0.6 is 11.8 Å². The number of anilines is 2. The maximum atomic E-state index is 12.6. The molecule has 29 heavy (non-hydrogen) atoms. The molecule has 0 bridgehead atoms. The number of carbonyl (C=O) groups excluding carboxylic acids is 2. The van der Waals surface area contributed by atoms with E-state index in [-0.39, 0.29) is 29.5 Å². The van der Waals surface area contributed by atoms with E-state index in [1.54, 1.807) is 11.8 Å². The lowest BCUT2D eigenvalue weighted by atomic mass is 10.1. The number of hydrogen-bond acceptors (Lipinski definition) is 4. The number of hydrogen-bond donors (Lipinski definition) is 2. The monoisotopic (exact) mass is 409 g/mol. The number of fused-ring (bicyclic) bond motifs is 1. The smallest absolute Gasteiger partial charge is 0.234 e. The van der Waals surface area contributed by atoms with Crippen molar-refractivity contribution in [3.05, 3.63) is 54.1 Å². The third-order valence-corrected chi connectivity index (χ3v) is 6.74. The van der Waals surface area contributed by atoms with E-state index in [0.29, 0.717) is 0 Å². The van der Waals surface area contributed by atoms with Gasteiger partial charge in [-0.2, -0.15) is 0 Å². The van der Waals surface area contributed by atoms with Crippen molar-refractivity contribution in [1.82, 2.24) is 5.32 Å². The SMILES string of the molecule is CC(CC(=O)Nc1cccc(N2CCCC2)c1)NC(=O)C1Cc2ccccc2S1. The highest BCUT2D eigenvalue weighted by atomic mass is 32.2. The van der Waals surface area contributed by atoms with Crippen molar-refractivity contribution in [3.8, 4) is 0 Å². The van der Waals surface area contributed by atoms with Crippen LogP contribution in [-0.4, -0.2) is 36.2 Å². The molecule has 0 aromatic heterocycles. The van der Waals surface area contributed by atoms with E-state index in [0.717, 1.165) is 30.9 Å². The molecule has 2 N–H and O–H groups in total. The molecule has 2 atom stereocenters. The van der Waals surface area contributed by atoms with Gasteiger partial charge in [0, 0.05) is 41.8 Å². The van der Waals surface area contributed by atoms with E-state index in [4.69, 9.17) is 0 Å². The third kappa shape index (κ3) is 4.93. The largest absolute Gasteiger partial charge is 0.371 e. The minimum absolute atomic E-state index is 0.00234. The Labute approximate surface area is 176 Å². The van der Waals surface area contributed by atoms with Crippen LogP contribution < -0.4 is 15.5 Å². The predicted molar refractivity (Wildman–Crippen MR) is 119 cm³/mol. The molecule has 0 aliphatic carbocycles. The molecule has 2 unspecified atom stereocenters. The molecule has 152 valence electrons. The van der Waals surface area contributed by atoms with Crippen LogP contribution in [0.1, 0.15) is 31.7 Å². The summed E-state index contributed by atoms with van der Waals surface area (Å²) in [4.78, 5) is 28.6. The van der Waals surface area contributed by atoms with Gasteiger partial charge >= 0.3 is 0 Å². The van der Waals surface area contributed by atoms with Crippen molar-refractivity contribution in [2.45, 2.75) is 48.8 Å². The number of thioether (sulfide) groups is 1. The van der Waals surface area contributed by atoms with Crippen molar-refractivity contribution in [1.29, 1.82) is 0 Å². The van der Waals surface area contributed by atoms with Gasteiger partial charge in [0.1, 0.15) is 0 Å². The molecule has 5 nitrogen and oxygen atoms in total. The first-order valence-electron chi connectivity index (χ1n) is 10.3. The lowest BCUT2D eigenvalue weighted by Gasteiger charge is -2.19. The summed E-state index contributed by atoms with van der Waals surface area (Å²) in [6.07, 6.45) is 3.44. The minimum atomic E-state index is -0.214. The topological polar surface area (TPSA) is 61.4 Å². The second kappa shape index (κ2) is 8.91. The van der Waals surface area contributed by atoms with Crippen molar-refractivity contribution in [2.75, 3.05) is 23.3 Å². The summed E-state index contributed by atoms with van der Waals surface area (Å²) in [6.45, 7) is 4.03. The van der Waals surface area contributed by atoms with Crippen LogP contribution in [0.15, 0.2) is 53.4 Å². The number of nitrogens with one attached hydrogen (secondary N) is 2. The van der Waals surface area contributed by atoms with Crippen molar-refractivity contribution in [3.63, 3.8) is 0 Å². The molecule has 1 saturated heterocycles. The van der Waals surface area contributed by atoms with Crippen LogP contribution in [0.25, 0.3) is 0 Å². The Balaban J connectivity index is 1.26. The highest BCUT2D eigenvalue weighted by Gasteiger charge is 2.28. The van der Waals surface area contributed by atoms with E-state index >= 15 is 0 Å². The van der Waals surface area contributed by atoms with Crippen LogP contribution in [0, 0.1) is 0 Å². The number of rotatable bonds is 6. The Morgan fingerprint density at radius 2 is 1.93 bits per heavy atom. The lowest BCUT2D eigenvalue weighted by molar-refractivity contribution is -0.121. The summed E-state index contributed by atoms with van der Waals surface area (Å²) in [5.41, 5.74) is 3.18. The molecule has 2 aliphatic rings. The van der Waals surface area contributed by atoms with E-state index in [1.165, 1.54) is 23.3 Å². The molecule has 2 aliphatic heterocycles. The molecule has 6 heteroatoms. The molecule has 2 heterocycles. The first kappa shape index (κ1) is 19.8. The highest BCUT2D eigenvalue weighted by Crippen LogP contribution is 2.36. The maximum Gasteiger partial charge on any atom is 0.234 e. The summed E-state index contributed by atoms with van der Waals surface area (Å²) in [5, 5.41) is 5.86. The van der Waals surface area contributed by atoms with Gasteiger partial charge in [0.05, 0.1) is 5.25 Å². The van der Waals surface area contributed by atoms with Gasteiger partial charge in [-0.25, -0.2) is 0 Å². The molecular formula is C23H27N3O2S. The van der Waals surface area contributed by atoms with Crippen molar-refractivity contribution < 1.29 is 9.59 Å². The second-order valence-electron chi connectivity index (χ2n) is 7.82. The summed E-state index contributed by atoms with van der Waals surface area (Å²) in [6, 6.07) is 15.9. The van der Waals surface area contributed by atoms with Crippen LogP contribution in [0.5, 0.6) is 0 Å². The molecule has 0 radical (unpaired) electrons. The quantitative estimate of drug-likeness (QED) is 0.761. The van der Waals surface area contributed by atoms with Crippen LogP contribution in [0.4, 0.5) is 11.4 Å². The molecule has 4 rings (SSSR count). The zero-order valence-electron chi connectivity index (χ0n) is 16.7. The lowest BCUT2D eigenvalue weighted by Crippen LogP contribution is -2.40. The average molecular weight is 410 g/mol. The van der Waals surface area contributed by atoms with E-state index in [1.807, 2.05) is 37.3 Å². The van der Waals surface area contributed by atoms with Gasteiger partial charge in [0.15, 0.2) is 0 Å². The molecule has 2 amide bonds. The Kier molecular flexibility index (Phi) is 6.09. The van der Waals surface area contributed by atoms with Gasteiger partial charge in [0.2, 0.25) is 11.8 Å². The maximum absolute atomic E-state index is 12.6. The summed E-state index contributed by atoms with van der Waals surface area (Å²) in [5.74, 6) is -0.0822. The van der Waals surface area contributed by atoms with E-state index < -0.39 is 0 Å². The van der Waals surface area contributed by atoms with Crippen LogP contribution in [-0.2, 0) is 16.0 Å². The van der Waals surface area contributed by atoms with Gasteiger partial charge in [-0.1, -0.05) is 24.3 Å². The highest BCUT2D eigenvalue weighted by molar-refractivity contribution is 8.01. The third-order valence-electron chi connectivity index (χ3n) is 5.42. The van der Waals surface area contributed by atoms with E-state index in [9.17, 15) is 9.59 Å². The summed E-state index contributed by atoms with van der Waals surface area (Å²) < 4.78 is 0. The van der Waals surface area contributed by atoms with Crippen molar-refractivity contribution in [2.24, 2.45) is 0 Å². The first-order chi connectivity index (χ1) is 14.1. The van der Waals surface area contributed by atoms with Gasteiger partial charge in [-0.3, -0.25) is 9.59 Å². The predicted octanol–water partition coefficient (Wildman–Crippen LogP) is 3.84. The Hall–Kier alpha value is -2.47. The summed E-state index contributed by atoms with van der Waals surface area (Å²) >= 11 is 1.60. The summed E-state index contributed by atoms with van der Waals surface area (Å²) in [7, 11) is 0. The van der Waals surface area contributed by atoms with Gasteiger partial charge in [-0.05, 0) is 56.0 Å². The Morgan fingerprint density at radius 1 is 1.14 bits per heavy atom. The molecule has 2 aromatic carbocycles. The molecular weight excluding hydrogens is 382 g/mol. The fourth-order valence-electron chi connectivity index (χ4n) is 3.96. The molecule has 2 aromatic rings. The molecule has 1 fully saturated rings. The number of nitrogens with zero attached hydrogens (tertiary/aromatic N) is 1. The average Bonchev–Trinajstić information content (AvgIpc) is 3.38.